The zero-order valence-electron chi connectivity index (χ0n) is 4.22. The quantitative estimate of drug-likeness (QED) is 0.402. The summed E-state index contributed by atoms with van der Waals surface area (Å²) >= 11 is 3.94. The van der Waals surface area contributed by atoms with Gasteiger partial charge in [-0.25, -0.2) is 0 Å². The van der Waals surface area contributed by atoms with Gasteiger partial charge in [-0.2, -0.15) is 26.3 Å². The first-order chi connectivity index (χ1) is 4.37. The summed E-state index contributed by atoms with van der Waals surface area (Å²) in [7, 11) is 0. The summed E-state index contributed by atoms with van der Waals surface area (Å²) in [6, 6.07) is 0. The Hall–Kier alpha value is -0.390. The van der Waals surface area contributed by atoms with E-state index in [1.807, 2.05) is 0 Å². The van der Waals surface area contributed by atoms with Gasteiger partial charge in [0.1, 0.15) is 0 Å². The molecule has 10 heavy (non-hydrogen) atoms. The second-order valence-electron chi connectivity index (χ2n) is 0.768. The topological polar surface area (TPSA) is 0 Å². The highest BCUT2D eigenvalue weighted by molar-refractivity contribution is 6.18. The van der Waals surface area contributed by atoms with E-state index in [0.29, 0.717) is 0 Å². The van der Waals surface area contributed by atoms with E-state index in [1.165, 1.54) is 0 Å². The van der Waals surface area contributed by atoms with E-state index >= 15 is 0 Å². The summed E-state index contributed by atoms with van der Waals surface area (Å²) in [5.41, 5.74) is 0. The predicted octanol–water partition coefficient (Wildman–Crippen LogP) is 3.44. The third kappa shape index (κ3) is 25.5. The first kappa shape index (κ1) is 12.3. The number of hydrogen-bond donors (Lipinski definition) is 0. The third-order valence-corrected chi connectivity index (χ3v) is 0.143. The Kier molecular flexibility index (Phi) is 8.27. The van der Waals surface area contributed by atoms with Crippen LogP contribution in [0.15, 0.2) is 12.2 Å². The lowest BCUT2D eigenvalue weighted by Crippen LogP contribution is -1.62. The fraction of sp³-hybridized carbons (Fsp3) is 0.333. The Labute approximate surface area is 57.1 Å². The minimum absolute atomic E-state index is 2.69. The van der Waals surface area contributed by atoms with Crippen LogP contribution in [0.1, 0.15) is 0 Å². The lowest BCUT2D eigenvalue weighted by atomic mass is 11.1. The standard InChI is InChI=1S/C2F4.CHClF2/c3-1(4)2(5)6;2-1(3)4/h;1H. The van der Waals surface area contributed by atoms with Crippen molar-refractivity contribution in [2.75, 3.05) is 0 Å². The Morgan fingerprint density at radius 2 is 1.00 bits per heavy atom. The highest BCUT2D eigenvalue weighted by Crippen LogP contribution is 2.08. The molecule has 0 fully saturated rings. The molecule has 7 heteroatoms. The zero-order chi connectivity index (χ0) is 8.73. The molecule has 0 N–H and O–H groups in total. The van der Waals surface area contributed by atoms with Gasteiger partial charge in [-0.15, -0.1) is 0 Å². The fourth-order valence-electron chi connectivity index (χ4n) is 0. The van der Waals surface area contributed by atoms with Crippen molar-refractivity contribution in [1.29, 1.82) is 0 Å². The molecular formula is C3HClF6. The van der Waals surface area contributed by atoms with Crippen molar-refractivity contribution >= 4 is 11.6 Å². The molecule has 0 aliphatic rings. The largest absolute Gasteiger partial charge is 0.334 e. The molecule has 0 spiro atoms. The summed E-state index contributed by atoms with van der Waals surface area (Å²) in [5, 5.41) is 0. The summed E-state index contributed by atoms with van der Waals surface area (Å²) in [5.74, 6) is -2.69. The van der Waals surface area contributed by atoms with Gasteiger partial charge in [-0.05, 0) is 0 Å². The van der Waals surface area contributed by atoms with Crippen LogP contribution in [0.4, 0.5) is 26.3 Å². The summed E-state index contributed by atoms with van der Waals surface area (Å²) in [6.45, 7) is 0. The Balaban J connectivity index is 0. The van der Waals surface area contributed by atoms with Crippen LogP contribution in [0.5, 0.6) is 0 Å². The molecule has 0 aromatic rings. The molecule has 0 amide bonds. The predicted molar refractivity (Wildman–Crippen MR) is 23.3 cm³/mol. The monoisotopic (exact) mass is 186 g/mol. The zero-order valence-corrected chi connectivity index (χ0v) is 4.98. The van der Waals surface area contributed by atoms with E-state index in [2.05, 4.69) is 11.6 Å². The van der Waals surface area contributed by atoms with Gasteiger partial charge in [0.15, 0.2) is 0 Å². The number of alkyl halides is 3. The number of halogens is 7. The molecule has 0 nitrogen and oxygen atoms in total. The van der Waals surface area contributed by atoms with Gasteiger partial charge in [0.2, 0.25) is 0 Å². The Bertz CT molecular complexity index is 88.8. The molecule has 0 saturated heterocycles. The van der Waals surface area contributed by atoms with Crippen molar-refractivity contribution in [3.63, 3.8) is 0 Å². The minimum atomic E-state index is -2.91. The summed E-state index contributed by atoms with van der Waals surface area (Å²) in [4.78, 5) is 0. The molecule has 0 radical (unpaired) electrons. The van der Waals surface area contributed by atoms with Crippen LogP contribution in [0.25, 0.3) is 0 Å². The maximum atomic E-state index is 10.3. The van der Waals surface area contributed by atoms with E-state index in [9.17, 15) is 26.3 Å². The van der Waals surface area contributed by atoms with Crippen molar-refractivity contribution in [3.05, 3.63) is 12.2 Å². The number of hydrogen-bond acceptors (Lipinski definition) is 0. The average molecular weight is 186 g/mol. The van der Waals surface area contributed by atoms with Crippen LogP contribution in [0.3, 0.4) is 0 Å². The first-order valence-corrected chi connectivity index (χ1v) is 2.10. The molecule has 0 aromatic carbocycles. The maximum Gasteiger partial charge on any atom is 0.334 e. The third-order valence-electron chi connectivity index (χ3n) is 0.143. The van der Waals surface area contributed by atoms with Crippen molar-refractivity contribution in [3.8, 4) is 0 Å². The molecule has 62 valence electrons. The van der Waals surface area contributed by atoms with Gasteiger partial charge >= 0.3 is 18.0 Å². The fourth-order valence-corrected chi connectivity index (χ4v) is 0. The Morgan fingerprint density at radius 3 is 1.00 bits per heavy atom. The van der Waals surface area contributed by atoms with Crippen molar-refractivity contribution in [2.24, 2.45) is 0 Å². The molecule has 0 aromatic heterocycles. The van der Waals surface area contributed by atoms with Gasteiger partial charge in [-0.3, -0.25) is 0 Å². The first-order valence-electron chi connectivity index (χ1n) is 1.66. The average Bonchev–Trinajstić information content (AvgIpc) is 1.63. The molecule has 0 heterocycles. The SMILES string of the molecule is FC(F)=C(F)F.FC(F)Cl. The van der Waals surface area contributed by atoms with Crippen LogP contribution >= 0.6 is 11.6 Å². The Morgan fingerprint density at radius 1 is 0.900 bits per heavy atom. The lowest BCUT2D eigenvalue weighted by Gasteiger charge is -1.69. The highest BCUT2D eigenvalue weighted by atomic mass is 35.5. The normalized spacial score (nSPS) is 8.40. The van der Waals surface area contributed by atoms with Crippen LogP contribution in [-0.4, -0.2) is 5.88 Å². The summed E-state index contributed by atoms with van der Waals surface area (Å²) < 4.78 is 61.3. The van der Waals surface area contributed by atoms with Crippen LogP contribution in [0.2, 0.25) is 0 Å². The van der Waals surface area contributed by atoms with E-state index in [1.54, 1.807) is 0 Å². The van der Waals surface area contributed by atoms with E-state index < -0.39 is 18.0 Å². The molecular weight excluding hydrogens is 185 g/mol. The highest BCUT2D eigenvalue weighted by Gasteiger charge is 1.98. The van der Waals surface area contributed by atoms with E-state index in [0.717, 1.165) is 0 Å². The van der Waals surface area contributed by atoms with Crippen molar-refractivity contribution in [1.82, 2.24) is 0 Å². The van der Waals surface area contributed by atoms with Gasteiger partial charge in [-0.1, -0.05) is 11.6 Å². The van der Waals surface area contributed by atoms with Crippen molar-refractivity contribution < 1.29 is 26.3 Å². The van der Waals surface area contributed by atoms with Crippen molar-refractivity contribution in [2.45, 2.75) is 5.88 Å². The molecule has 0 bridgehead atoms. The molecule has 0 unspecified atom stereocenters. The van der Waals surface area contributed by atoms with Gasteiger partial charge in [0.25, 0.3) is 0 Å². The van der Waals surface area contributed by atoms with Gasteiger partial charge in [0, 0.05) is 0 Å². The molecule has 0 rings (SSSR count). The van der Waals surface area contributed by atoms with E-state index in [4.69, 9.17) is 0 Å². The van der Waals surface area contributed by atoms with Gasteiger partial charge in [0.05, 0.1) is 0 Å². The summed E-state index contributed by atoms with van der Waals surface area (Å²) in [6.07, 6.45) is -5.81. The molecule has 0 saturated carbocycles. The number of rotatable bonds is 0. The molecule has 0 atom stereocenters. The lowest BCUT2D eigenvalue weighted by molar-refractivity contribution is 0.243. The maximum absolute atomic E-state index is 10.3. The molecule has 0 aliphatic heterocycles. The van der Waals surface area contributed by atoms with Crippen LogP contribution in [0, 0.1) is 0 Å². The molecule has 0 aliphatic carbocycles. The second-order valence-corrected chi connectivity index (χ2v) is 1.10. The minimum Gasteiger partial charge on any atom is -0.192 e. The van der Waals surface area contributed by atoms with Gasteiger partial charge < -0.3 is 0 Å². The van der Waals surface area contributed by atoms with E-state index in [-0.39, 0.29) is 0 Å². The smallest absolute Gasteiger partial charge is 0.192 e. The van der Waals surface area contributed by atoms with Crippen LogP contribution < -0.4 is 0 Å². The van der Waals surface area contributed by atoms with Crippen LogP contribution in [-0.2, 0) is 0 Å². The second kappa shape index (κ2) is 6.73.